The fourth-order valence-corrected chi connectivity index (χ4v) is 13.7. The number of hydrogen-bond acceptors (Lipinski definition) is 3. The van der Waals surface area contributed by atoms with Crippen molar-refractivity contribution in [2.24, 2.45) is 0 Å². The van der Waals surface area contributed by atoms with Crippen molar-refractivity contribution < 1.29 is 0 Å². The zero-order chi connectivity index (χ0) is 46.2. The SMILES string of the molecule is c1ccc(-c2ccc3c(c2)C(c2ccccc2)(c2cccc(N(c4ccc5sc6cccc(-c7ccccc7)c6c5c4)c4cccc5sc6ccc(-c7ccccc7)cc6c45)c2)c2ccccc2-3)cc1. The standard InChI is InChI=1S/C67H43NS2/c1-5-18-44(19-6-1)47-35-38-61-56(40-47)66-60(31-17-33-64(66)70-61)68(52-36-39-62-57(43-52)65-53(29-16-32-63(65)69-62)46-22-9-3-10-23-46)51-27-15-26-50(42-51)67(49-24-11-4-12-25-49)58-30-14-13-28-54(58)55-37-34-48(41-59(55)67)45-20-7-2-8-21-45/h1-43H. The van der Waals surface area contributed by atoms with Gasteiger partial charge in [-0.05, 0) is 133 Å². The maximum atomic E-state index is 2.54. The molecule has 0 aliphatic heterocycles. The van der Waals surface area contributed by atoms with E-state index >= 15 is 0 Å². The molecule has 0 fully saturated rings. The molecule has 1 atom stereocenters. The monoisotopic (exact) mass is 925 g/mol. The number of thiophene rings is 2. The van der Waals surface area contributed by atoms with E-state index in [0.29, 0.717) is 0 Å². The van der Waals surface area contributed by atoms with Crippen LogP contribution < -0.4 is 4.90 Å². The molecule has 2 aromatic heterocycles. The highest BCUT2D eigenvalue weighted by Gasteiger charge is 2.46. The minimum Gasteiger partial charge on any atom is -0.310 e. The summed E-state index contributed by atoms with van der Waals surface area (Å²) in [7, 11) is 0. The molecular weight excluding hydrogens is 883 g/mol. The largest absolute Gasteiger partial charge is 0.310 e. The van der Waals surface area contributed by atoms with Gasteiger partial charge in [-0.25, -0.2) is 0 Å². The Labute approximate surface area is 415 Å². The van der Waals surface area contributed by atoms with E-state index in [0.717, 1.165) is 17.1 Å². The molecule has 0 N–H and O–H groups in total. The van der Waals surface area contributed by atoms with Gasteiger partial charge in [0.2, 0.25) is 0 Å². The minimum atomic E-state index is -0.608. The van der Waals surface area contributed by atoms with Crippen molar-refractivity contribution in [2.45, 2.75) is 5.41 Å². The number of rotatable bonds is 8. The van der Waals surface area contributed by atoms with Gasteiger partial charge in [-0.3, -0.25) is 0 Å². The molecule has 328 valence electrons. The van der Waals surface area contributed by atoms with Crippen LogP contribution in [-0.2, 0) is 5.41 Å². The van der Waals surface area contributed by atoms with Crippen LogP contribution in [0.2, 0.25) is 0 Å². The first-order valence-electron chi connectivity index (χ1n) is 24.0. The molecule has 0 spiro atoms. The Morgan fingerprint density at radius 3 is 1.56 bits per heavy atom. The zero-order valence-corrected chi connectivity index (χ0v) is 39.7. The predicted octanol–water partition coefficient (Wildman–Crippen LogP) is 19.3. The van der Waals surface area contributed by atoms with Gasteiger partial charge in [0.1, 0.15) is 0 Å². The maximum absolute atomic E-state index is 2.54. The van der Waals surface area contributed by atoms with Gasteiger partial charge in [-0.15, -0.1) is 22.7 Å². The fourth-order valence-electron chi connectivity index (χ4n) is 11.5. The summed E-state index contributed by atoms with van der Waals surface area (Å²) in [6.07, 6.45) is 0. The molecular formula is C67H43NS2. The Morgan fingerprint density at radius 1 is 0.286 bits per heavy atom. The van der Waals surface area contributed by atoms with Crippen LogP contribution in [0, 0.1) is 0 Å². The highest BCUT2D eigenvalue weighted by atomic mass is 32.1. The van der Waals surface area contributed by atoms with Gasteiger partial charge in [0, 0.05) is 51.7 Å². The van der Waals surface area contributed by atoms with Crippen molar-refractivity contribution in [1.82, 2.24) is 0 Å². The molecule has 1 aliphatic carbocycles. The van der Waals surface area contributed by atoms with Crippen LogP contribution >= 0.6 is 22.7 Å². The molecule has 3 heteroatoms. The van der Waals surface area contributed by atoms with Crippen molar-refractivity contribution in [1.29, 1.82) is 0 Å². The van der Waals surface area contributed by atoms with Crippen LogP contribution in [0.1, 0.15) is 22.3 Å². The van der Waals surface area contributed by atoms with Crippen molar-refractivity contribution in [2.75, 3.05) is 4.90 Å². The van der Waals surface area contributed by atoms with Gasteiger partial charge in [0.25, 0.3) is 0 Å². The number of nitrogens with zero attached hydrogens (tertiary/aromatic N) is 1. The Morgan fingerprint density at radius 2 is 0.814 bits per heavy atom. The van der Waals surface area contributed by atoms with Crippen molar-refractivity contribution in [3.63, 3.8) is 0 Å². The van der Waals surface area contributed by atoms with E-state index in [1.165, 1.54) is 107 Å². The Kier molecular flexibility index (Phi) is 9.55. The van der Waals surface area contributed by atoms with Crippen LogP contribution in [0.25, 0.3) is 84.9 Å². The van der Waals surface area contributed by atoms with E-state index in [2.05, 4.69) is 266 Å². The summed E-state index contributed by atoms with van der Waals surface area (Å²) in [6, 6.07) is 97.1. The summed E-state index contributed by atoms with van der Waals surface area (Å²) in [6.45, 7) is 0. The maximum Gasteiger partial charge on any atom is 0.0714 e. The topological polar surface area (TPSA) is 3.24 Å². The second kappa shape index (κ2) is 16.4. The molecule has 0 saturated carbocycles. The molecule has 1 aliphatic rings. The summed E-state index contributed by atoms with van der Waals surface area (Å²) >= 11 is 3.75. The van der Waals surface area contributed by atoms with E-state index < -0.39 is 5.41 Å². The minimum absolute atomic E-state index is 0.608. The molecule has 13 aromatic rings. The Hall–Kier alpha value is -8.34. The second-order valence-corrected chi connectivity index (χ2v) is 20.5. The van der Waals surface area contributed by atoms with Gasteiger partial charge in [0.15, 0.2) is 0 Å². The zero-order valence-electron chi connectivity index (χ0n) is 38.1. The first-order valence-corrected chi connectivity index (χ1v) is 25.6. The summed E-state index contributed by atoms with van der Waals surface area (Å²) in [5.74, 6) is 0. The molecule has 14 rings (SSSR count). The molecule has 0 amide bonds. The Bertz CT molecular complexity index is 4120. The van der Waals surface area contributed by atoms with Crippen molar-refractivity contribution >= 4 is 80.1 Å². The average molecular weight is 926 g/mol. The van der Waals surface area contributed by atoms with Gasteiger partial charge in [0.05, 0.1) is 11.1 Å². The fraction of sp³-hybridized carbons (Fsp3) is 0.0149. The van der Waals surface area contributed by atoms with Gasteiger partial charge in [-0.1, -0.05) is 194 Å². The summed E-state index contributed by atoms with van der Waals surface area (Å²) in [5.41, 5.74) is 17.7. The number of benzene rings is 11. The van der Waals surface area contributed by atoms with Crippen LogP contribution in [0.5, 0.6) is 0 Å². The number of anilines is 3. The van der Waals surface area contributed by atoms with Crippen LogP contribution in [0.15, 0.2) is 261 Å². The van der Waals surface area contributed by atoms with Crippen LogP contribution in [0.3, 0.4) is 0 Å². The quantitative estimate of drug-likeness (QED) is 0.147. The van der Waals surface area contributed by atoms with Crippen LogP contribution in [-0.4, -0.2) is 0 Å². The summed E-state index contributed by atoms with van der Waals surface area (Å²) < 4.78 is 5.11. The third kappa shape index (κ3) is 6.36. The van der Waals surface area contributed by atoms with E-state index in [4.69, 9.17) is 0 Å². The van der Waals surface area contributed by atoms with Gasteiger partial charge < -0.3 is 4.90 Å². The molecule has 1 nitrogen and oxygen atoms in total. The van der Waals surface area contributed by atoms with E-state index in [1.54, 1.807) is 0 Å². The molecule has 70 heavy (non-hydrogen) atoms. The molecule has 11 aromatic carbocycles. The third-order valence-corrected chi connectivity index (χ3v) is 16.8. The smallest absolute Gasteiger partial charge is 0.0714 e. The highest BCUT2D eigenvalue weighted by Crippen LogP contribution is 2.58. The van der Waals surface area contributed by atoms with Gasteiger partial charge in [-0.2, -0.15) is 0 Å². The lowest BCUT2D eigenvalue weighted by Crippen LogP contribution is -2.29. The first kappa shape index (κ1) is 40.7. The number of fused-ring (bicyclic) bond motifs is 9. The predicted molar refractivity (Wildman–Crippen MR) is 301 cm³/mol. The lowest BCUT2D eigenvalue weighted by molar-refractivity contribution is 0.768. The number of hydrogen-bond donors (Lipinski definition) is 0. The Balaban J connectivity index is 1.05. The summed E-state index contributed by atoms with van der Waals surface area (Å²) in [5, 5.41) is 5.08. The third-order valence-electron chi connectivity index (χ3n) is 14.5. The van der Waals surface area contributed by atoms with E-state index in [9.17, 15) is 0 Å². The van der Waals surface area contributed by atoms with Gasteiger partial charge >= 0.3 is 0 Å². The molecule has 2 heterocycles. The summed E-state index contributed by atoms with van der Waals surface area (Å²) in [4.78, 5) is 2.54. The molecule has 0 bridgehead atoms. The molecule has 0 saturated heterocycles. The van der Waals surface area contributed by atoms with Crippen molar-refractivity contribution in [3.05, 3.63) is 283 Å². The average Bonchev–Trinajstić information content (AvgIpc) is 4.10. The van der Waals surface area contributed by atoms with Crippen LogP contribution in [0.4, 0.5) is 17.1 Å². The molecule has 1 unspecified atom stereocenters. The second-order valence-electron chi connectivity index (χ2n) is 18.3. The highest BCUT2D eigenvalue weighted by molar-refractivity contribution is 7.26. The van der Waals surface area contributed by atoms with Crippen molar-refractivity contribution in [3.8, 4) is 44.5 Å². The first-order chi connectivity index (χ1) is 34.7. The van der Waals surface area contributed by atoms with E-state index in [1.807, 2.05) is 22.7 Å². The molecule has 0 radical (unpaired) electrons. The lowest BCUT2D eigenvalue weighted by atomic mass is 9.67. The normalized spacial score (nSPS) is 14.1. The van der Waals surface area contributed by atoms with E-state index in [-0.39, 0.29) is 0 Å². The lowest BCUT2D eigenvalue weighted by Gasteiger charge is -2.35.